The number of nitrogens with one attached hydrogen (secondary N) is 1. The number of benzene rings is 2. The number of amides is 1. The van der Waals surface area contributed by atoms with Crippen molar-refractivity contribution in [2.75, 3.05) is 63.5 Å². The minimum Gasteiger partial charge on any atom is -0.497 e. The highest BCUT2D eigenvalue weighted by molar-refractivity contribution is 6.30. The molecule has 2 fully saturated rings. The van der Waals surface area contributed by atoms with Gasteiger partial charge in [-0.25, -0.2) is 19.3 Å². The van der Waals surface area contributed by atoms with Crippen molar-refractivity contribution in [3.8, 4) is 5.75 Å². The summed E-state index contributed by atoms with van der Waals surface area (Å²) in [6.45, 7) is 3.58. The molecule has 46 heavy (non-hydrogen) atoms. The molecule has 2 saturated heterocycles. The Morgan fingerprint density at radius 3 is 2.65 bits per heavy atom. The van der Waals surface area contributed by atoms with Crippen LogP contribution in [0.4, 0.5) is 21.9 Å². The van der Waals surface area contributed by atoms with Crippen molar-refractivity contribution in [1.82, 2.24) is 19.9 Å². The zero-order chi connectivity index (χ0) is 32.2. The van der Waals surface area contributed by atoms with E-state index >= 15 is 0 Å². The summed E-state index contributed by atoms with van der Waals surface area (Å²) in [5.74, 6) is 0.771. The van der Waals surface area contributed by atoms with E-state index in [2.05, 4.69) is 20.2 Å². The van der Waals surface area contributed by atoms with E-state index in [-0.39, 0.29) is 30.7 Å². The summed E-state index contributed by atoms with van der Waals surface area (Å²) in [7, 11) is 3.54. The fourth-order valence-electron chi connectivity index (χ4n) is 5.59. The van der Waals surface area contributed by atoms with Gasteiger partial charge in [0.2, 0.25) is 0 Å². The molecule has 0 radical (unpaired) electrons. The Balaban J connectivity index is 1.14. The van der Waals surface area contributed by atoms with Crippen LogP contribution in [0.25, 0.3) is 11.2 Å². The van der Waals surface area contributed by atoms with Crippen molar-refractivity contribution in [2.24, 2.45) is 0 Å². The Morgan fingerprint density at radius 1 is 1.13 bits per heavy atom. The molecule has 0 spiro atoms. The predicted molar refractivity (Wildman–Crippen MR) is 171 cm³/mol. The number of morpholine rings is 1. The lowest BCUT2D eigenvalue weighted by atomic mass is 10.1. The Bertz CT molecular complexity index is 1710. The second-order valence-electron chi connectivity index (χ2n) is 11.1. The molecule has 1 N–H and O–H groups in total. The molecular weight excluding hydrogens is 618 g/mol. The number of pyridine rings is 1. The number of nitro benzene ring substituents is 1. The molecule has 15 heteroatoms. The van der Waals surface area contributed by atoms with Crippen LogP contribution in [0.2, 0.25) is 5.15 Å². The van der Waals surface area contributed by atoms with Gasteiger partial charge in [-0.05, 0) is 29.3 Å². The van der Waals surface area contributed by atoms with Gasteiger partial charge in [0, 0.05) is 50.6 Å². The number of halogens is 1. The van der Waals surface area contributed by atoms with E-state index < -0.39 is 23.1 Å². The summed E-state index contributed by atoms with van der Waals surface area (Å²) in [5.41, 5.74) is 3.99. The minimum atomic E-state index is -0.479. The average Bonchev–Trinajstić information content (AvgIpc) is 3.70. The lowest BCUT2D eigenvalue weighted by Gasteiger charge is -2.29. The minimum absolute atomic E-state index is 0.0118. The highest BCUT2D eigenvalue weighted by atomic mass is 35.5. The van der Waals surface area contributed by atoms with Crippen molar-refractivity contribution in [3.05, 3.63) is 81.3 Å². The molecule has 14 nitrogen and oxygen atoms in total. The Labute approximate surface area is 269 Å². The number of fused-ring (bicyclic) bond motifs is 1. The molecule has 6 rings (SSSR count). The molecule has 4 aromatic rings. The van der Waals surface area contributed by atoms with E-state index in [1.807, 2.05) is 42.3 Å². The Hall–Kier alpha value is -4.50. The zero-order valence-corrected chi connectivity index (χ0v) is 26.2. The van der Waals surface area contributed by atoms with Crippen LogP contribution in [0.3, 0.4) is 0 Å². The third-order valence-electron chi connectivity index (χ3n) is 8.01. The van der Waals surface area contributed by atoms with Gasteiger partial charge in [-0.1, -0.05) is 23.7 Å². The maximum absolute atomic E-state index is 13.5. The number of carbonyl (C=O) groups is 1. The molecule has 0 saturated carbocycles. The van der Waals surface area contributed by atoms with Crippen LogP contribution in [0.1, 0.15) is 11.1 Å². The molecule has 2 aliphatic heterocycles. The first kappa shape index (κ1) is 31.5. The molecule has 4 heterocycles. The predicted octanol–water partition coefficient (Wildman–Crippen LogP) is 4.02. The molecule has 2 atom stereocenters. The average molecular weight is 652 g/mol. The number of methoxy groups -OCH3 is 1. The maximum atomic E-state index is 13.5. The van der Waals surface area contributed by atoms with Crippen LogP contribution in [-0.4, -0.2) is 91.3 Å². The first-order valence-electron chi connectivity index (χ1n) is 14.8. The summed E-state index contributed by atoms with van der Waals surface area (Å²) in [5, 5.41) is 14.8. The van der Waals surface area contributed by atoms with Gasteiger partial charge in [0.15, 0.2) is 5.65 Å². The van der Waals surface area contributed by atoms with Crippen LogP contribution in [-0.2, 0) is 27.4 Å². The normalized spacial score (nSPS) is 18.1. The number of anilines is 2. The highest BCUT2D eigenvalue weighted by Crippen LogP contribution is 2.29. The monoisotopic (exact) mass is 651 g/mol. The number of imidazole rings is 1. The van der Waals surface area contributed by atoms with Crippen LogP contribution in [0.5, 0.6) is 5.75 Å². The number of ether oxygens (including phenoxy) is 4. The van der Waals surface area contributed by atoms with Gasteiger partial charge < -0.3 is 34.1 Å². The number of nitro groups is 1. The highest BCUT2D eigenvalue weighted by Gasteiger charge is 2.32. The molecule has 1 amide bonds. The van der Waals surface area contributed by atoms with Gasteiger partial charge in [0.1, 0.15) is 28.9 Å². The van der Waals surface area contributed by atoms with Crippen molar-refractivity contribution >= 4 is 45.9 Å². The van der Waals surface area contributed by atoms with Crippen LogP contribution >= 0.6 is 11.6 Å². The van der Waals surface area contributed by atoms with Gasteiger partial charge in [-0.15, -0.1) is 0 Å². The lowest BCUT2D eigenvalue weighted by molar-refractivity contribution is -0.384. The van der Waals surface area contributed by atoms with Gasteiger partial charge in [-0.2, -0.15) is 0 Å². The van der Waals surface area contributed by atoms with Gasteiger partial charge >= 0.3 is 6.03 Å². The Morgan fingerprint density at radius 2 is 1.91 bits per heavy atom. The van der Waals surface area contributed by atoms with Gasteiger partial charge in [0.25, 0.3) is 5.69 Å². The van der Waals surface area contributed by atoms with Crippen molar-refractivity contribution in [3.63, 3.8) is 0 Å². The molecule has 0 bridgehead atoms. The molecule has 242 valence electrons. The molecular formula is C31H34ClN7O7. The Kier molecular flexibility index (Phi) is 9.49. The van der Waals surface area contributed by atoms with Gasteiger partial charge in [0.05, 0.1) is 56.8 Å². The lowest BCUT2D eigenvalue weighted by Crippen LogP contribution is -2.45. The first-order valence-corrected chi connectivity index (χ1v) is 15.2. The SMILES string of the molecule is COc1ccc(CN(C)c2cc(Cl)nc3c2ncn3C(=O)N[C@@H]2COC[C@H]2OCc2cc(N3CCOCC3)cc([N+](=O)[O-])c2)cc1. The summed E-state index contributed by atoms with van der Waals surface area (Å²) in [4.78, 5) is 37.6. The van der Waals surface area contributed by atoms with E-state index in [1.54, 1.807) is 19.2 Å². The van der Waals surface area contributed by atoms with Crippen LogP contribution in [0, 0.1) is 10.1 Å². The van der Waals surface area contributed by atoms with E-state index in [4.69, 9.17) is 30.5 Å². The number of hydrogen-bond donors (Lipinski definition) is 1. The van der Waals surface area contributed by atoms with E-state index in [1.165, 1.54) is 17.0 Å². The topological polar surface area (TPSA) is 146 Å². The number of rotatable bonds is 10. The summed E-state index contributed by atoms with van der Waals surface area (Å²) >= 11 is 6.41. The summed E-state index contributed by atoms with van der Waals surface area (Å²) in [6.07, 6.45) is 0.934. The molecule has 2 aromatic heterocycles. The number of hydrogen-bond acceptors (Lipinski definition) is 11. The quantitative estimate of drug-likeness (QED) is 0.151. The standard InChI is InChI=1S/C31H34ClN7O7/c1-36(15-20-3-5-24(43-2)6-4-20)26-14-28(32)35-30-29(26)33-19-38(30)31(40)34-25-17-45-18-27(25)46-16-21-11-22(13-23(12-21)39(41)42)37-7-9-44-10-8-37/h3-6,11-14,19,25,27H,7-10,15-18H2,1-2H3,(H,34,40)/t25-,27-/m1/s1. The van der Waals surface area contributed by atoms with E-state index in [0.29, 0.717) is 49.6 Å². The number of aromatic nitrogens is 3. The van der Waals surface area contributed by atoms with Gasteiger partial charge in [-0.3, -0.25) is 10.1 Å². The van der Waals surface area contributed by atoms with Crippen molar-refractivity contribution < 1.29 is 28.7 Å². The molecule has 2 aliphatic rings. The maximum Gasteiger partial charge on any atom is 0.328 e. The first-order chi connectivity index (χ1) is 22.3. The van der Waals surface area contributed by atoms with Crippen molar-refractivity contribution in [2.45, 2.75) is 25.3 Å². The zero-order valence-electron chi connectivity index (χ0n) is 25.4. The molecule has 0 aliphatic carbocycles. The fraction of sp³-hybridized carbons (Fsp3) is 0.387. The number of non-ortho nitro benzene ring substituents is 1. The van der Waals surface area contributed by atoms with Crippen LogP contribution in [0.15, 0.2) is 54.9 Å². The van der Waals surface area contributed by atoms with E-state index in [9.17, 15) is 14.9 Å². The second-order valence-corrected chi connectivity index (χ2v) is 11.5. The van der Waals surface area contributed by atoms with Crippen LogP contribution < -0.4 is 19.9 Å². The second kappa shape index (κ2) is 13.9. The number of nitrogens with zero attached hydrogens (tertiary/aromatic N) is 6. The molecule has 0 unspecified atom stereocenters. The summed E-state index contributed by atoms with van der Waals surface area (Å²) in [6, 6.07) is 13.5. The summed E-state index contributed by atoms with van der Waals surface area (Å²) < 4.78 is 23.8. The molecule has 2 aromatic carbocycles. The smallest absolute Gasteiger partial charge is 0.328 e. The third-order valence-corrected chi connectivity index (χ3v) is 8.21. The fourth-order valence-corrected chi connectivity index (χ4v) is 5.77. The number of carbonyl (C=O) groups excluding carboxylic acids is 1. The largest absolute Gasteiger partial charge is 0.497 e. The van der Waals surface area contributed by atoms with E-state index in [0.717, 1.165) is 22.7 Å². The van der Waals surface area contributed by atoms with Crippen molar-refractivity contribution in [1.29, 1.82) is 0 Å². The third kappa shape index (κ3) is 6.99.